The monoisotopic (exact) mass is 292 g/mol. The summed E-state index contributed by atoms with van der Waals surface area (Å²) in [5.41, 5.74) is 0.812. The summed E-state index contributed by atoms with van der Waals surface area (Å²) in [5, 5.41) is 5.41. The molecule has 0 bridgehead atoms. The van der Waals surface area contributed by atoms with E-state index in [1.54, 1.807) is 7.11 Å². The van der Waals surface area contributed by atoms with Crippen LogP contribution in [0.15, 0.2) is 5.38 Å². The topological polar surface area (TPSA) is 60.5 Å². The van der Waals surface area contributed by atoms with Gasteiger partial charge in [0, 0.05) is 19.0 Å². The van der Waals surface area contributed by atoms with Crippen molar-refractivity contribution in [1.82, 2.24) is 10.3 Å². The number of alkyl halides is 1. The Labute approximate surface area is 115 Å². The van der Waals surface area contributed by atoms with Crippen LogP contribution in [0.5, 0.6) is 0 Å². The van der Waals surface area contributed by atoms with E-state index in [0.29, 0.717) is 38.7 Å². The van der Waals surface area contributed by atoms with Gasteiger partial charge in [0.15, 0.2) is 0 Å². The van der Waals surface area contributed by atoms with Gasteiger partial charge < -0.3 is 14.8 Å². The van der Waals surface area contributed by atoms with Gasteiger partial charge in [-0.3, -0.25) is 4.79 Å². The van der Waals surface area contributed by atoms with Gasteiger partial charge in [0.25, 0.3) is 0 Å². The molecule has 0 spiro atoms. The van der Waals surface area contributed by atoms with Gasteiger partial charge in [-0.2, -0.15) is 0 Å². The third kappa shape index (κ3) is 6.30. The maximum atomic E-state index is 11.5. The van der Waals surface area contributed by atoms with E-state index in [4.69, 9.17) is 21.1 Å². The zero-order valence-electron chi connectivity index (χ0n) is 10.3. The summed E-state index contributed by atoms with van der Waals surface area (Å²) in [5.74, 6) is 0.326. The minimum atomic E-state index is -0.0548. The number of rotatable bonds is 9. The second-order valence-electron chi connectivity index (χ2n) is 3.50. The highest BCUT2D eigenvalue weighted by molar-refractivity contribution is 7.09. The highest BCUT2D eigenvalue weighted by Gasteiger charge is 2.06. The molecule has 1 rings (SSSR count). The lowest BCUT2D eigenvalue weighted by Crippen LogP contribution is -2.28. The molecule has 1 aromatic rings. The first-order valence-corrected chi connectivity index (χ1v) is 7.00. The van der Waals surface area contributed by atoms with E-state index >= 15 is 0 Å². The van der Waals surface area contributed by atoms with Crippen molar-refractivity contribution in [3.8, 4) is 0 Å². The van der Waals surface area contributed by atoms with Crippen molar-refractivity contribution in [3.05, 3.63) is 16.1 Å². The van der Waals surface area contributed by atoms with Crippen molar-refractivity contribution in [1.29, 1.82) is 0 Å². The Morgan fingerprint density at radius 1 is 1.50 bits per heavy atom. The second kappa shape index (κ2) is 9.27. The van der Waals surface area contributed by atoms with Crippen LogP contribution in [0, 0.1) is 0 Å². The maximum Gasteiger partial charge on any atom is 0.226 e. The number of methoxy groups -OCH3 is 1. The summed E-state index contributed by atoms with van der Waals surface area (Å²) in [4.78, 5) is 15.8. The Balaban J connectivity index is 2.10. The fraction of sp³-hybridized carbons (Fsp3) is 0.636. The highest BCUT2D eigenvalue weighted by atomic mass is 35.5. The fourth-order valence-electron chi connectivity index (χ4n) is 1.20. The molecule has 1 N–H and O–H groups in total. The van der Waals surface area contributed by atoms with Gasteiger partial charge in [0.05, 0.1) is 37.8 Å². The molecule has 0 saturated heterocycles. The molecule has 0 atom stereocenters. The van der Waals surface area contributed by atoms with E-state index in [2.05, 4.69) is 10.3 Å². The first-order chi connectivity index (χ1) is 8.76. The van der Waals surface area contributed by atoms with Gasteiger partial charge in [-0.15, -0.1) is 22.9 Å². The number of amides is 1. The normalized spacial score (nSPS) is 10.6. The fourth-order valence-corrected chi connectivity index (χ4v) is 2.22. The number of ether oxygens (including phenoxy) is 2. The number of carbonyl (C=O) groups excluding carboxylic acids is 1. The van der Waals surface area contributed by atoms with Crippen molar-refractivity contribution < 1.29 is 14.3 Å². The Morgan fingerprint density at radius 3 is 3.00 bits per heavy atom. The van der Waals surface area contributed by atoms with Crippen LogP contribution in [0.3, 0.4) is 0 Å². The zero-order valence-corrected chi connectivity index (χ0v) is 11.9. The first kappa shape index (κ1) is 15.4. The molecular formula is C11H17ClN2O3S. The maximum absolute atomic E-state index is 11.5. The molecular weight excluding hydrogens is 276 g/mol. The molecule has 1 heterocycles. The largest absolute Gasteiger partial charge is 0.382 e. The van der Waals surface area contributed by atoms with Crippen LogP contribution in [0.1, 0.15) is 10.7 Å². The van der Waals surface area contributed by atoms with Crippen molar-refractivity contribution in [3.63, 3.8) is 0 Å². The molecule has 0 aliphatic carbocycles. The van der Waals surface area contributed by atoms with Crippen LogP contribution in [0.25, 0.3) is 0 Å². The van der Waals surface area contributed by atoms with E-state index in [1.807, 2.05) is 5.38 Å². The van der Waals surface area contributed by atoms with Crippen LogP contribution in [0.2, 0.25) is 0 Å². The Bertz CT molecular complexity index is 360. The summed E-state index contributed by atoms with van der Waals surface area (Å²) in [6, 6.07) is 0. The van der Waals surface area contributed by atoms with Gasteiger partial charge >= 0.3 is 0 Å². The predicted molar refractivity (Wildman–Crippen MR) is 71.1 cm³/mol. The number of carbonyl (C=O) groups is 1. The Morgan fingerprint density at radius 2 is 2.33 bits per heavy atom. The Hall–Kier alpha value is -0.690. The highest BCUT2D eigenvalue weighted by Crippen LogP contribution is 2.11. The molecule has 102 valence electrons. The van der Waals surface area contributed by atoms with Gasteiger partial charge in [-0.25, -0.2) is 4.98 Å². The summed E-state index contributed by atoms with van der Waals surface area (Å²) in [6.45, 7) is 2.09. The smallest absolute Gasteiger partial charge is 0.226 e. The molecule has 18 heavy (non-hydrogen) atoms. The van der Waals surface area contributed by atoms with Crippen molar-refractivity contribution >= 4 is 28.8 Å². The molecule has 0 aromatic carbocycles. The minimum Gasteiger partial charge on any atom is -0.382 e. The van der Waals surface area contributed by atoms with Crippen LogP contribution in [-0.4, -0.2) is 44.4 Å². The van der Waals surface area contributed by atoms with Crippen LogP contribution < -0.4 is 5.32 Å². The number of halogens is 1. The summed E-state index contributed by atoms with van der Waals surface area (Å²) in [7, 11) is 1.62. The summed E-state index contributed by atoms with van der Waals surface area (Å²) in [6.07, 6.45) is 0.291. The molecule has 5 nitrogen and oxygen atoms in total. The lowest BCUT2D eigenvalue weighted by atomic mass is 10.4. The average molecular weight is 293 g/mol. The number of hydrogen-bond donors (Lipinski definition) is 1. The number of nitrogens with one attached hydrogen (secondary N) is 1. The van der Waals surface area contributed by atoms with Crippen LogP contribution in [-0.2, 0) is 26.6 Å². The number of nitrogens with zero attached hydrogens (tertiary/aromatic N) is 1. The molecule has 0 unspecified atom stereocenters. The summed E-state index contributed by atoms with van der Waals surface area (Å²) < 4.78 is 10.1. The molecule has 1 amide bonds. The second-order valence-corrected chi connectivity index (χ2v) is 4.71. The van der Waals surface area contributed by atoms with Gasteiger partial charge in [0.2, 0.25) is 5.91 Å². The molecule has 7 heteroatoms. The molecule has 0 fully saturated rings. The lowest BCUT2D eigenvalue weighted by Gasteiger charge is -2.05. The quantitative estimate of drug-likeness (QED) is 0.549. The average Bonchev–Trinajstić information content (AvgIpc) is 2.81. The number of thiazole rings is 1. The standard InChI is InChI=1S/C11H17ClN2O3S/c1-16-4-5-17-3-2-13-10(15)6-11-14-9(7-12)8-18-11/h8H,2-7H2,1H3,(H,13,15). The van der Waals surface area contributed by atoms with Crippen LogP contribution in [0.4, 0.5) is 0 Å². The molecule has 1 aromatic heterocycles. The Kier molecular flexibility index (Phi) is 7.91. The third-order valence-corrected chi connectivity index (χ3v) is 3.22. The van der Waals surface area contributed by atoms with Gasteiger partial charge in [-0.1, -0.05) is 0 Å². The molecule has 0 aliphatic heterocycles. The van der Waals surface area contributed by atoms with E-state index in [0.717, 1.165) is 10.7 Å². The SMILES string of the molecule is COCCOCCNC(=O)Cc1nc(CCl)cs1. The third-order valence-electron chi connectivity index (χ3n) is 2.05. The van der Waals surface area contributed by atoms with Crippen molar-refractivity contribution in [2.45, 2.75) is 12.3 Å². The number of aromatic nitrogens is 1. The molecule has 0 saturated carbocycles. The molecule has 0 aliphatic rings. The zero-order chi connectivity index (χ0) is 13.2. The van der Waals surface area contributed by atoms with Crippen molar-refractivity contribution in [2.75, 3.05) is 33.5 Å². The van der Waals surface area contributed by atoms with Gasteiger partial charge in [-0.05, 0) is 0 Å². The van der Waals surface area contributed by atoms with Crippen LogP contribution >= 0.6 is 22.9 Å². The lowest BCUT2D eigenvalue weighted by molar-refractivity contribution is -0.120. The van der Waals surface area contributed by atoms with E-state index in [-0.39, 0.29) is 5.91 Å². The van der Waals surface area contributed by atoms with Crippen molar-refractivity contribution in [2.24, 2.45) is 0 Å². The molecule has 0 radical (unpaired) electrons. The van der Waals surface area contributed by atoms with Gasteiger partial charge in [0.1, 0.15) is 5.01 Å². The van der Waals surface area contributed by atoms with E-state index in [1.165, 1.54) is 11.3 Å². The van der Waals surface area contributed by atoms with E-state index < -0.39 is 0 Å². The first-order valence-electron chi connectivity index (χ1n) is 5.59. The van der Waals surface area contributed by atoms with E-state index in [9.17, 15) is 4.79 Å². The predicted octanol–water partition coefficient (Wildman–Crippen LogP) is 1.20. The minimum absolute atomic E-state index is 0.0548. The summed E-state index contributed by atoms with van der Waals surface area (Å²) >= 11 is 7.09. The number of hydrogen-bond acceptors (Lipinski definition) is 5.